The van der Waals surface area contributed by atoms with Gasteiger partial charge in [0.25, 0.3) is 0 Å². The first-order valence-corrected chi connectivity index (χ1v) is 5.29. The number of hydrogen-bond donors (Lipinski definition) is 1. The molecule has 0 aliphatic carbocycles. The molecule has 74 valence electrons. The largest absolute Gasteiger partial charge is 0.369 e. The molecule has 2 aromatic rings. The maximum Gasteiger partial charge on any atom is 0.202 e. The van der Waals surface area contributed by atoms with Gasteiger partial charge in [0.1, 0.15) is 5.52 Å². The highest BCUT2D eigenvalue weighted by Crippen LogP contribution is 2.19. The van der Waals surface area contributed by atoms with Gasteiger partial charge < -0.3 is 5.73 Å². The summed E-state index contributed by atoms with van der Waals surface area (Å²) in [5.74, 6) is 0.535. The number of nitrogens with two attached hydrogens (primary N) is 1. The number of halogens is 1. The van der Waals surface area contributed by atoms with Crippen LogP contribution in [0, 0.1) is 0 Å². The molecule has 0 atom stereocenters. The highest BCUT2D eigenvalue weighted by molar-refractivity contribution is 9.10. The Morgan fingerprint density at radius 2 is 2.36 bits per heavy atom. The van der Waals surface area contributed by atoms with E-state index >= 15 is 0 Å². The van der Waals surface area contributed by atoms with E-state index in [1.54, 1.807) is 6.20 Å². The Labute approximate surface area is 90.3 Å². The summed E-state index contributed by atoms with van der Waals surface area (Å²) in [6.07, 6.45) is 2.78. The minimum Gasteiger partial charge on any atom is -0.369 e. The maximum atomic E-state index is 5.79. The summed E-state index contributed by atoms with van der Waals surface area (Å²) >= 11 is 3.35. The van der Waals surface area contributed by atoms with E-state index in [1.807, 2.05) is 10.6 Å². The number of fused-ring (bicyclic) bond motifs is 1. The van der Waals surface area contributed by atoms with Crippen LogP contribution in [0.2, 0.25) is 0 Å². The average molecular weight is 255 g/mol. The van der Waals surface area contributed by atoms with Gasteiger partial charge in [-0.05, 0) is 28.4 Å². The van der Waals surface area contributed by atoms with E-state index in [9.17, 15) is 0 Å². The zero-order valence-electron chi connectivity index (χ0n) is 7.87. The van der Waals surface area contributed by atoms with E-state index in [0.29, 0.717) is 5.95 Å². The van der Waals surface area contributed by atoms with E-state index in [-0.39, 0.29) is 0 Å². The van der Waals surface area contributed by atoms with Crippen molar-refractivity contribution in [2.75, 3.05) is 5.73 Å². The average Bonchev–Trinajstić information content (AvgIpc) is 2.43. The summed E-state index contributed by atoms with van der Waals surface area (Å²) in [6, 6.07) is 1.92. The van der Waals surface area contributed by atoms with Crippen LogP contribution in [0.15, 0.2) is 16.7 Å². The second-order valence-corrected chi connectivity index (χ2v) is 4.03. The highest BCUT2D eigenvalue weighted by atomic mass is 79.9. The number of aromatic nitrogens is 3. The number of nitrogen functional groups attached to an aromatic ring is 1. The lowest BCUT2D eigenvalue weighted by atomic mass is 10.4. The minimum absolute atomic E-state index is 0.535. The second-order valence-electron chi connectivity index (χ2n) is 3.12. The summed E-state index contributed by atoms with van der Waals surface area (Å²) in [4.78, 5) is 8.53. The van der Waals surface area contributed by atoms with E-state index < -0.39 is 0 Å². The zero-order chi connectivity index (χ0) is 10.1. The summed E-state index contributed by atoms with van der Waals surface area (Å²) < 4.78 is 2.85. The van der Waals surface area contributed by atoms with Crippen LogP contribution < -0.4 is 5.73 Å². The predicted octanol–water partition coefficient (Wildman–Crippen LogP) is 2.19. The fourth-order valence-corrected chi connectivity index (χ4v) is 1.77. The molecule has 0 saturated carbocycles. The summed E-state index contributed by atoms with van der Waals surface area (Å²) in [5, 5.41) is 0. The van der Waals surface area contributed by atoms with E-state index in [2.05, 4.69) is 32.8 Å². The quantitative estimate of drug-likeness (QED) is 0.894. The highest BCUT2D eigenvalue weighted by Gasteiger charge is 2.08. The molecule has 5 heteroatoms. The predicted molar refractivity (Wildman–Crippen MR) is 59.9 cm³/mol. The Bertz CT molecular complexity index is 463. The minimum atomic E-state index is 0.535. The Morgan fingerprint density at radius 1 is 1.57 bits per heavy atom. The molecule has 2 heterocycles. The van der Waals surface area contributed by atoms with Crippen molar-refractivity contribution >= 4 is 33.0 Å². The third kappa shape index (κ3) is 1.48. The molecule has 0 amide bonds. The normalized spacial score (nSPS) is 11.0. The molecule has 4 nitrogen and oxygen atoms in total. The van der Waals surface area contributed by atoms with Gasteiger partial charge >= 0.3 is 0 Å². The fraction of sp³-hybridized carbons (Fsp3) is 0.333. The van der Waals surface area contributed by atoms with Crippen LogP contribution >= 0.6 is 15.9 Å². The molecule has 0 aromatic carbocycles. The van der Waals surface area contributed by atoms with Crippen molar-refractivity contribution in [3.63, 3.8) is 0 Å². The van der Waals surface area contributed by atoms with Crippen molar-refractivity contribution in [1.82, 2.24) is 14.5 Å². The van der Waals surface area contributed by atoms with Gasteiger partial charge in [0.2, 0.25) is 5.95 Å². The smallest absolute Gasteiger partial charge is 0.202 e. The third-order valence-corrected chi connectivity index (χ3v) is 2.46. The SMILES string of the molecule is CCCn1c(N)nc2cc(Br)cnc21. The van der Waals surface area contributed by atoms with Crippen LogP contribution in [0.3, 0.4) is 0 Å². The number of rotatable bonds is 2. The number of nitrogens with zero attached hydrogens (tertiary/aromatic N) is 3. The topological polar surface area (TPSA) is 56.7 Å². The molecule has 0 aliphatic rings. The number of pyridine rings is 1. The van der Waals surface area contributed by atoms with Gasteiger partial charge in [-0.2, -0.15) is 0 Å². The molecule has 0 unspecified atom stereocenters. The zero-order valence-corrected chi connectivity index (χ0v) is 9.45. The van der Waals surface area contributed by atoms with Crippen molar-refractivity contribution in [3.8, 4) is 0 Å². The molecule has 14 heavy (non-hydrogen) atoms. The van der Waals surface area contributed by atoms with Crippen molar-refractivity contribution in [2.45, 2.75) is 19.9 Å². The Hall–Kier alpha value is -1.10. The standard InChI is InChI=1S/C9H11BrN4/c1-2-3-14-8-7(13-9(14)11)4-6(10)5-12-8/h4-5H,2-3H2,1H3,(H2,11,13). The van der Waals surface area contributed by atoms with Crippen LogP contribution in [0.25, 0.3) is 11.2 Å². The van der Waals surface area contributed by atoms with Crippen LogP contribution in [0.1, 0.15) is 13.3 Å². The van der Waals surface area contributed by atoms with Crippen molar-refractivity contribution < 1.29 is 0 Å². The van der Waals surface area contributed by atoms with Gasteiger partial charge in [-0.15, -0.1) is 0 Å². The summed E-state index contributed by atoms with van der Waals surface area (Å²) in [5.41, 5.74) is 7.48. The number of aryl methyl sites for hydroxylation is 1. The van der Waals surface area contributed by atoms with Crippen molar-refractivity contribution in [2.24, 2.45) is 0 Å². The van der Waals surface area contributed by atoms with Gasteiger partial charge in [-0.25, -0.2) is 9.97 Å². The van der Waals surface area contributed by atoms with E-state index in [4.69, 9.17) is 5.73 Å². The monoisotopic (exact) mass is 254 g/mol. The molecule has 0 aliphatic heterocycles. The first-order chi connectivity index (χ1) is 6.72. The summed E-state index contributed by atoms with van der Waals surface area (Å²) in [6.45, 7) is 2.96. The number of anilines is 1. The lowest BCUT2D eigenvalue weighted by molar-refractivity contribution is 0.701. The van der Waals surface area contributed by atoms with Crippen LogP contribution in [-0.4, -0.2) is 14.5 Å². The molecule has 0 fully saturated rings. The molecule has 2 aromatic heterocycles. The van der Waals surface area contributed by atoms with Crippen molar-refractivity contribution in [3.05, 3.63) is 16.7 Å². The molecule has 0 spiro atoms. The van der Waals surface area contributed by atoms with Crippen LogP contribution in [-0.2, 0) is 6.54 Å². The first kappa shape index (κ1) is 9.45. The molecular weight excluding hydrogens is 244 g/mol. The Kier molecular flexibility index (Phi) is 2.41. The van der Waals surface area contributed by atoms with Crippen LogP contribution in [0.5, 0.6) is 0 Å². The lowest BCUT2D eigenvalue weighted by Gasteiger charge is -2.01. The Balaban J connectivity index is 2.64. The van der Waals surface area contributed by atoms with E-state index in [0.717, 1.165) is 28.6 Å². The van der Waals surface area contributed by atoms with Gasteiger partial charge in [-0.1, -0.05) is 6.92 Å². The van der Waals surface area contributed by atoms with Gasteiger partial charge in [-0.3, -0.25) is 4.57 Å². The third-order valence-electron chi connectivity index (χ3n) is 2.03. The second kappa shape index (κ2) is 3.57. The molecular formula is C9H11BrN4. The van der Waals surface area contributed by atoms with Gasteiger partial charge in [0.15, 0.2) is 5.65 Å². The summed E-state index contributed by atoms with van der Waals surface area (Å²) in [7, 11) is 0. The first-order valence-electron chi connectivity index (χ1n) is 4.49. The maximum absolute atomic E-state index is 5.79. The van der Waals surface area contributed by atoms with Crippen LogP contribution in [0.4, 0.5) is 5.95 Å². The molecule has 2 rings (SSSR count). The molecule has 0 saturated heterocycles. The molecule has 2 N–H and O–H groups in total. The molecule has 0 radical (unpaired) electrons. The lowest BCUT2D eigenvalue weighted by Crippen LogP contribution is -2.03. The Morgan fingerprint density at radius 3 is 3.07 bits per heavy atom. The van der Waals surface area contributed by atoms with Gasteiger partial charge in [0, 0.05) is 17.2 Å². The fourth-order valence-electron chi connectivity index (χ4n) is 1.45. The number of imidazole rings is 1. The van der Waals surface area contributed by atoms with Gasteiger partial charge in [0.05, 0.1) is 0 Å². The van der Waals surface area contributed by atoms with E-state index in [1.165, 1.54) is 0 Å². The molecule has 0 bridgehead atoms. The van der Waals surface area contributed by atoms with Crippen molar-refractivity contribution in [1.29, 1.82) is 0 Å². The number of hydrogen-bond acceptors (Lipinski definition) is 3.